The molecule has 1 aromatic heterocycles. The van der Waals surface area contributed by atoms with Gasteiger partial charge in [-0.1, -0.05) is 0 Å². The fourth-order valence-electron chi connectivity index (χ4n) is 2.09. The van der Waals surface area contributed by atoms with Crippen molar-refractivity contribution in [2.75, 3.05) is 19.7 Å². The van der Waals surface area contributed by atoms with Gasteiger partial charge < -0.3 is 10.0 Å². The van der Waals surface area contributed by atoms with Gasteiger partial charge in [0.05, 0.1) is 13.1 Å². The minimum Gasteiger partial charge on any atom is -0.396 e. The van der Waals surface area contributed by atoms with Crippen molar-refractivity contribution in [1.82, 2.24) is 4.90 Å². The molecule has 17 heavy (non-hydrogen) atoms. The lowest BCUT2D eigenvalue weighted by Gasteiger charge is -2.15. The van der Waals surface area contributed by atoms with Crippen LogP contribution >= 0.6 is 43.2 Å². The van der Waals surface area contributed by atoms with E-state index in [-0.39, 0.29) is 12.5 Å². The Balaban J connectivity index is 2.04. The first-order valence-electron chi connectivity index (χ1n) is 5.46. The molecule has 0 saturated carbocycles. The molecule has 1 aliphatic rings. The summed E-state index contributed by atoms with van der Waals surface area (Å²) in [5, 5.41) is 8.90. The lowest BCUT2D eigenvalue weighted by molar-refractivity contribution is 0.0784. The van der Waals surface area contributed by atoms with Crippen LogP contribution in [0.5, 0.6) is 0 Å². The lowest BCUT2D eigenvalue weighted by Crippen LogP contribution is -2.28. The van der Waals surface area contributed by atoms with Gasteiger partial charge in [0.25, 0.3) is 5.91 Å². The van der Waals surface area contributed by atoms with Crippen molar-refractivity contribution in [3.05, 3.63) is 19.2 Å². The van der Waals surface area contributed by atoms with E-state index < -0.39 is 0 Å². The molecular weight excluding hydrogens is 370 g/mol. The fraction of sp³-hybridized carbons (Fsp3) is 0.545. The van der Waals surface area contributed by atoms with Crippen LogP contribution in [0.1, 0.15) is 23.2 Å². The van der Waals surface area contributed by atoms with Gasteiger partial charge in [-0.25, -0.2) is 0 Å². The second-order valence-corrected chi connectivity index (χ2v) is 7.91. The summed E-state index contributed by atoms with van der Waals surface area (Å²) in [5.41, 5.74) is 0.728. The van der Waals surface area contributed by atoms with E-state index in [1.807, 2.05) is 11.0 Å². The van der Waals surface area contributed by atoms with Crippen LogP contribution in [0.25, 0.3) is 0 Å². The third kappa shape index (κ3) is 3.10. The molecule has 1 unspecified atom stereocenters. The molecule has 1 saturated heterocycles. The number of halogens is 2. The van der Waals surface area contributed by atoms with Gasteiger partial charge in [0.15, 0.2) is 0 Å². The quantitative estimate of drug-likeness (QED) is 0.872. The van der Waals surface area contributed by atoms with Crippen molar-refractivity contribution in [2.45, 2.75) is 12.8 Å². The van der Waals surface area contributed by atoms with Crippen LogP contribution in [-0.4, -0.2) is 35.6 Å². The molecule has 2 rings (SSSR count). The number of carbonyl (C=O) groups excluding carboxylic acids is 1. The first-order chi connectivity index (χ1) is 8.11. The maximum Gasteiger partial charge on any atom is 0.255 e. The van der Waals surface area contributed by atoms with E-state index >= 15 is 0 Å². The number of aliphatic hydroxyl groups is 1. The zero-order valence-electron chi connectivity index (χ0n) is 9.16. The Bertz CT molecular complexity index is 422. The Morgan fingerprint density at radius 2 is 2.35 bits per heavy atom. The van der Waals surface area contributed by atoms with Crippen LogP contribution in [-0.2, 0) is 0 Å². The number of aliphatic hydroxyl groups excluding tert-OH is 1. The van der Waals surface area contributed by atoms with Gasteiger partial charge in [-0.3, -0.25) is 4.79 Å². The second-order valence-electron chi connectivity index (χ2n) is 4.16. The topological polar surface area (TPSA) is 40.5 Å². The monoisotopic (exact) mass is 381 g/mol. The van der Waals surface area contributed by atoms with Crippen molar-refractivity contribution in [2.24, 2.45) is 5.92 Å². The predicted octanol–water partition coefficient (Wildman–Crippen LogP) is 3.12. The second kappa shape index (κ2) is 5.82. The summed E-state index contributed by atoms with van der Waals surface area (Å²) >= 11 is 8.31. The molecule has 0 spiro atoms. The van der Waals surface area contributed by atoms with Crippen LogP contribution in [0.4, 0.5) is 0 Å². The average Bonchev–Trinajstić information content (AvgIpc) is 2.85. The molecule has 6 heteroatoms. The van der Waals surface area contributed by atoms with Gasteiger partial charge >= 0.3 is 0 Å². The number of thiophene rings is 1. The predicted molar refractivity (Wildman–Crippen MR) is 75.4 cm³/mol. The van der Waals surface area contributed by atoms with Crippen LogP contribution in [0.2, 0.25) is 0 Å². The van der Waals surface area contributed by atoms with E-state index in [9.17, 15) is 4.79 Å². The summed E-state index contributed by atoms with van der Waals surface area (Å²) in [5.74, 6) is 0.532. The van der Waals surface area contributed by atoms with Gasteiger partial charge in [-0.05, 0) is 56.7 Å². The minimum atomic E-state index is 0.0827. The molecule has 3 nitrogen and oxygen atoms in total. The molecule has 1 fully saturated rings. The summed E-state index contributed by atoms with van der Waals surface area (Å²) in [6.07, 6.45) is 1.79. The Morgan fingerprint density at radius 3 is 2.94 bits per heavy atom. The standard InChI is InChI=1S/C11H13Br2NO2S/c12-9-5-8(10(13)17-9)11(16)14-3-1-7(6-14)2-4-15/h5,7,15H,1-4,6H2. The van der Waals surface area contributed by atoms with Crippen LogP contribution in [0, 0.1) is 5.92 Å². The number of rotatable bonds is 3. The molecule has 2 heterocycles. The summed E-state index contributed by atoms with van der Waals surface area (Å²) in [6.45, 7) is 1.77. The Labute approximate surface area is 121 Å². The number of likely N-dealkylation sites (tertiary alicyclic amines) is 1. The first kappa shape index (κ1) is 13.5. The Hall–Kier alpha value is 0.0900. The maximum atomic E-state index is 12.3. The van der Waals surface area contributed by atoms with Gasteiger partial charge in [0.1, 0.15) is 0 Å². The van der Waals surface area contributed by atoms with Gasteiger partial charge in [-0.15, -0.1) is 11.3 Å². The largest absolute Gasteiger partial charge is 0.396 e. The maximum absolute atomic E-state index is 12.3. The summed E-state index contributed by atoms with van der Waals surface area (Å²) in [4.78, 5) is 14.1. The van der Waals surface area contributed by atoms with E-state index in [0.29, 0.717) is 5.92 Å². The number of carbonyl (C=O) groups is 1. The van der Waals surface area contributed by atoms with Crippen molar-refractivity contribution < 1.29 is 9.90 Å². The van der Waals surface area contributed by atoms with Crippen molar-refractivity contribution in [1.29, 1.82) is 0 Å². The number of hydrogen-bond donors (Lipinski definition) is 1. The summed E-state index contributed by atoms with van der Waals surface area (Å²) in [7, 11) is 0. The summed E-state index contributed by atoms with van der Waals surface area (Å²) < 4.78 is 1.83. The highest BCUT2D eigenvalue weighted by Gasteiger charge is 2.28. The van der Waals surface area contributed by atoms with E-state index in [2.05, 4.69) is 31.9 Å². The highest BCUT2D eigenvalue weighted by molar-refractivity contribution is 9.12. The van der Waals surface area contributed by atoms with Crippen molar-refractivity contribution in [3.8, 4) is 0 Å². The highest BCUT2D eigenvalue weighted by atomic mass is 79.9. The Kier molecular flexibility index (Phi) is 4.63. The number of hydrogen-bond acceptors (Lipinski definition) is 3. The van der Waals surface area contributed by atoms with E-state index in [4.69, 9.17) is 5.11 Å². The normalized spacial score (nSPS) is 19.9. The van der Waals surface area contributed by atoms with Gasteiger partial charge in [-0.2, -0.15) is 0 Å². The highest BCUT2D eigenvalue weighted by Crippen LogP contribution is 2.33. The molecule has 0 bridgehead atoms. The van der Waals surface area contributed by atoms with E-state index in [0.717, 1.165) is 39.1 Å². The summed E-state index contributed by atoms with van der Waals surface area (Å²) in [6, 6.07) is 1.86. The molecule has 1 aromatic rings. The van der Waals surface area contributed by atoms with Crippen molar-refractivity contribution >= 4 is 49.1 Å². The molecular formula is C11H13Br2NO2S. The SMILES string of the molecule is O=C(c1cc(Br)sc1Br)N1CCC(CCO)C1. The first-order valence-corrected chi connectivity index (χ1v) is 7.87. The fourth-order valence-corrected chi connectivity index (χ4v) is 4.87. The van der Waals surface area contributed by atoms with Crippen molar-refractivity contribution in [3.63, 3.8) is 0 Å². The molecule has 0 aromatic carbocycles. The molecule has 0 aliphatic carbocycles. The van der Waals surface area contributed by atoms with Gasteiger partial charge in [0.2, 0.25) is 0 Å². The van der Waals surface area contributed by atoms with Crippen LogP contribution in [0.3, 0.4) is 0 Å². The van der Waals surface area contributed by atoms with Crippen LogP contribution < -0.4 is 0 Å². The van der Waals surface area contributed by atoms with E-state index in [1.54, 1.807) is 0 Å². The zero-order chi connectivity index (χ0) is 12.4. The van der Waals surface area contributed by atoms with Gasteiger partial charge in [0, 0.05) is 19.7 Å². The molecule has 94 valence electrons. The zero-order valence-corrected chi connectivity index (χ0v) is 13.1. The number of nitrogens with zero attached hydrogens (tertiary/aromatic N) is 1. The Morgan fingerprint density at radius 1 is 1.59 bits per heavy atom. The third-order valence-electron chi connectivity index (χ3n) is 3.00. The number of amides is 1. The molecule has 1 aliphatic heterocycles. The average molecular weight is 383 g/mol. The molecule has 1 N–H and O–H groups in total. The smallest absolute Gasteiger partial charge is 0.255 e. The molecule has 1 amide bonds. The molecule has 1 atom stereocenters. The van der Waals surface area contributed by atoms with Crippen LogP contribution in [0.15, 0.2) is 13.6 Å². The third-order valence-corrected chi connectivity index (χ3v) is 5.34. The van der Waals surface area contributed by atoms with E-state index in [1.165, 1.54) is 11.3 Å². The molecule has 0 radical (unpaired) electrons. The minimum absolute atomic E-state index is 0.0827. The lowest BCUT2D eigenvalue weighted by atomic mass is 10.1.